The van der Waals surface area contributed by atoms with Crippen molar-refractivity contribution in [1.29, 1.82) is 10.5 Å². The second-order valence-electron chi connectivity index (χ2n) is 3.36. The van der Waals surface area contributed by atoms with Crippen LogP contribution in [0.2, 0.25) is 0 Å². The van der Waals surface area contributed by atoms with E-state index in [-0.39, 0.29) is 11.4 Å². The number of nitrogens with two attached hydrogens (primary N) is 1. The zero-order valence-electron chi connectivity index (χ0n) is 9.44. The molecule has 0 aromatic heterocycles. The molecule has 1 rings (SSSR count). The Morgan fingerprint density at radius 2 is 1.74 bits per heavy atom. The lowest BCUT2D eigenvalue weighted by Crippen LogP contribution is -2.04. The Kier molecular flexibility index (Phi) is 4.27. The van der Waals surface area contributed by atoms with Gasteiger partial charge in [0.2, 0.25) is 0 Å². The predicted octanol–water partition coefficient (Wildman–Crippen LogP) is 2.34. The average Bonchev–Trinajstić information content (AvgIpc) is 2.38. The van der Waals surface area contributed by atoms with E-state index in [9.17, 15) is 13.2 Å². The Hall–Kier alpha value is -2.80. The van der Waals surface area contributed by atoms with E-state index >= 15 is 0 Å². The average molecular weight is 264 g/mol. The normalized spacial score (nSPS) is 12.7. The number of halogens is 3. The molecular weight excluding hydrogens is 257 g/mol. The lowest BCUT2D eigenvalue weighted by Gasteiger charge is -2.05. The zero-order valence-corrected chi connectivity index (χ0v) is 9.44. The van der Waals surface area contributed by atoms with E-state index in [0.717, 1.165) is 18.3 Å². The van der Waals surface area contributed by atoms with Crippen LogP contribution in [0.5, 0.6) is 0 Å². The fourth-order valence-electron chi connectivity index (χ4n) is 1.11. The maximum atomic E-state index is 12.3. The van der Waals surface area contributed by atoms with Crippen LogP contribution in [0.25, 0.3) is 0 Å². The smallest absolute Gasteiger partial charge is 0.388 e. The van der Waals surface area contributed by atoms with E-state index in [2.05, 4.69) is 4.99 Å². The van der Waals surface area contributed by atoms with E-state index in [4.69, 9.17) is 16.3 Å². The molecule has 19 heavy (non-hydrogen) atoms. The molecule has 0 aliphatic carbocycles. The Balaban J connectivity index is 2.97. The van der Waals surface area contributed by atoms with Gasteiger partial charge < -0.3 is 5.73 Å². The van der Waals surface area contributed by atoms with Gasteiger partial charge in [0.05, 0.1) is 5.56 Å². The summed E-state index contributed by atoms with van der Waals surface area (Å²) in [6, 6.07) is 7.35. The van der Waals surface area contributed by atoms with E-state index in [1.165, 1.54) is 12.1 Å². The Bertz CT molecular complexity index is 598. The standard InChI is InChI=1S/C12H7F3N4/c13-12(14,15)9-3-1-8(2-4-9)7-19-11(6-17)10(18)5-16/h1-4,7H,18H2. The first-order chi connectivity index (χ1) is 8.88. The molecule has 4 nitrogen and oxygen atoms in total. The quantitative estimate of drug-likeness (QED) is 0.657. The Morgan fingerprint density at radius 3 is 2.16 bits per heavy atom. The third kappa shape index (κ3) is 3.86. The zero-order chi connectivity index (χ0) is 14.5. The van der Waals surface area contributed by atoms with Gasteiger partial charge in [-0.25, -0.2) is 4.99 Å². The molecule has 0 aliphatic heterocycles. The van der Waals surface area contributed by atoms with Gasteiger partial charge in [-0.1, -0.05) is 12.1 Å². The maximum Gasteiger partial charge on any atom is 0.416 e. The monoisotopic (exact) mass is 264 g/mol. The van der Waals surface area contributed by atoms with Crippen LogP contribution in [0.3, 0.4) is 0 Å². The lowest BCUT2D eigenvalue weighted by atomic mass is 10.1. The fraction of sp³-hybridized carbons (Fsp3) is 0.0833. The molecule has 0 bridgehead atoms. The van der Waals surface area contributed by atoms with Crippen LogP contribution in [-0.4, -0.2) is 6.21 Å². The van der Waals surface area contributed by atoms with Crippen molar-refractivity contribution in [3.05, 3.63) is 46.8 Å². The van der Waals surface area contributed by atoms with Gasteiger partial charge in [-0.2, -0.15) is 23.7 Å². The summed E-state index contributed by atoms with van der Waals surface area (Å²) in [5.41, 5.74) is 4.13. The molecule has 0 aliphatic rings. The van der Waals surface area contributed by atoms with Gasteiger partial charge >= 0.3 is 6.18 Å². The molecule has 1 aromatic carbocycles. The summed E-state index contributed by atoms with van der Waals surface area (Å²) in [6.45, 7) is 0. The molecule has 0 unspecified atom stereocenters. The molecule has 0 saturated carbocycles. The third-order valence-corrected chi connectivity index (χ3v) is 2.06. The number of benzene rings is 1. The van der Waals surface area contributed by atoms with Crippen molar-refractivity contribution in [2.45, 2.75) is 6.18 Å². The molecule has 7 heteroatoms. The number of alkyl halides is 3. The van der Waals surface area contributed by atoms with Gasteiger partial charge in [-0.15, -0.1) is 0 Å². The minimum absolute atomic E-state index is 0.289. The molecule has 0 atom stereocenters. The number of nitriles is 2. The van der Waals surface area contributed by atoms with Crippen molar-refractivity contribution in [1.82, 2.24) is 0 Å². The minimum atomic E-state index is -4.40. The van der Waals surface area contributed by atoms with Gasteiger partial charge in [0.25, 0.3) is 0 Å². The van der Waals surface area contributed by atoms with Crippen molar-refractivity contribution >= 4 is 6.21 Å². The number of hydrogen-bond acceptors (Lipinski definition) is 4. The predicted molar refractivity (Wildman–Crippen MR) is 61.5 cm³/mol. The number of hydrogen-bond donors (Lipinski definition) is 1. The highest BCUT2D eigenvalue weighted by molar-refractivity contribution is 5.81. The van der Waals surface area contributed by atoms with Gasteiger partial charge in [-0.3, -0.25) is 0 Å². The van der Waals surface area contributed by atoms with Crippen LogP contribution in [-0.2, 0) is 6.18 Å². The first-order valence-electron chi connectivity index (χ1n) is 4.89. The van der Waals surface area contributed by atoms with Gasteiger partial charge in [0.1, 0.15) is 17.8 Å². The van der Waals surface area contributed by atoms with Gasteiger partial charge in [0, 0.05) is 6.21 Å². The van der Waals surface area contributed by atoms with Crippen molar-refractivity contribution in [2.75, 3.05) is 0 Å². The highest BCUT2D eigenvalue weighted by atomic mass is 19.4. The molecule has 0 fully saturated rings. The summed E-state index contributed by atoms with van der Waals surface area (Å²) in [5.74, 6) is 0. The van der Waals surface area contributed by atoms with Crippen LogP contribution in [0.1, 0.15) is 11.1 Å². The molecule has 2 N–H and O–H groups in total. The molecule has 0 saturated heterocycles. The molecule has 0 radical (unpaired) electrons. The maximum absolute atomic E-state index is 12.3. The van der Waals surface area contributed by atoms with Crippen LogP contribution in [0.4, 0.5) is 13.2 Å². The molecule has 0 spiro atoms. The molecular formula is C12H7F3N4. The summed E-state index contributed by atoms with van der Waals surface area (Å²) < 4.78 is 36.9. The minimum Gasteiger partial charge on any atom is -0.388 e. The summed E-state index contributed by atoms with van der Waals surface area (Å²) in [6.07, 6.45) is -3.25. The van der Waals surface area contributed by atoms with Crippen molar-refractivity contribution in [3.63, 3.8) is 0 Å². The largest absolute Gasteiger partial charge is 0.416 e. The summed E-state index contributed by atoms with van der Waals surface area (Å²) in [5, 5.41) is 17.1. The second-order valence-corrected chi connectivity index (χ2v) is 3.36. The highest BCUT2D eigenvalue weighted by Crippen LogP contribution is 2.28. The van der Waals surface area contributed by atoms with E-state index in [1.54, 1.807) is 12.1 Å². The fourth-order valence-corrected chi connectivity index (χ4v) is 1.11. The second kappa shape index (κ2) is 5.69. The van der Waals surface area contributed by atoms with Crippen LogP contribution >= 0.6 is 0 Å². The van der Waals surface area contributed by atoms with Gasteiger partial charge in [0.15, 0.2) is 5.70 Å². The van der Waals surface area contributed by atoms with E-state index < -0.39 is 11.7 Å². The lowest BCUT2D eigenvalue weighted by molar-refractivity contribution is -0.137. The van der Waals surface area contributed by atoms with Gasteiger partial charge in [-0.05, 0) is 17.7 Å². The van der Waals surface area contributed by atoms with Crippen molar-refractivity contribution < 1.29 is 13.2 Å². The molecule has 0 amide bonds. The number of rotatable bonds is 2. The van der Waals surface area contributed by atoms with Crippen LogP contribution < -0.4 is 5.73 Å². The Morgan fingerprint density at radius 1 is 1.16 bits per heavy atom. The molecule has 96 valence electrons. The number of allylic oxidation sites excluding steroid dienone is 2. The topological polar surface area (TPSA) is 86.0 Å². The summed E-state index contributed by atoms with van der Waals surface area (Å²) in [4.78, 5) is 3.64. The first kappa shape index (κ1) is 14.3. The Labute approximate surface area is 106 Å². The first-order valence-corrected chi connectivity index (χ1v) is 4.89. The molecule has 0 heterocycles. The van der Waals surface area contributed by atoms with Crippen molar-refractivity contribution in [3.8, 4) is 12.1 Å². The van der Waals surface area contributed by atoms with Crippen molar-refractivity contribution in [2.24, 2.45) is 10.7 Å². The number of nitrogens with zero attached hydrogens (tertiary/aromatic N) is 3. The third-order valence-electron chi connectivity index (χ3n) is 2.06. The van der Waals surface area contributed by atoms with E-state index in [1.807, 2.05) is 0 Å². The number of aliphatic imine (C=N–C) groups is 1. The highest BCUT2D eigenvalue weighted by Gasteiger charge is 2.29. The summed E-state index contributed by atoms with van der Waals surface area (Å²) >= 11 is 0. The SMILES string of the molecule is N#CC(N)=C(C#N)N=Cc1ccc(C(F)(F)F)cc1. The molecule has 1 aromatic rings. The summed E-state index contributed by atoms with van der Waals surface area (Å²) in [7, 11) is 0. The van der Waals surface area contributed by atoms with Crippen LogP contribution in [0.15, 0.2) is 40.7 Å². The van der Waals surface area contributed by atoms with E-state index in [0.29, 0.717) is 5.56 Å². The van der Waals surface area contributed by atoms with Crippen LogP contribution in [0, 0.1) is 22.7 Å².